The van der Waals surface area contributed by atoms with Crippen LogP contribution in [0.2, 0.25) is 0 Å². The van der Waals surface area contributed by atoms with E-state index in [-0.39, 0.29) is 19.8 Å². The van der Waals surface area contributed by atoms with Crippen molar-refractivity contribution in [3.05, 3.63) is 29.8 Å². The number of para-hydroxylation sites is 1. The third-order valence-corrected chi connectivity index (χ3v) is 3.71. The van der Waals surface area contributed by atoms with Gasteiger partial charge in [0.15, 0.2) is 6.61 Å². The number of hydrogen-bond acceptors (Lipinski definition) is 6. The van der Waals surface area contributed by atoms with Crippen molar-refractivity contribution in [2.75, 3.05) is 19.8 Å². The Morgan fingerprint density at radius 1 is 1.32 bits per heavy atom. The maximum Gasteiger partial charge on any atom is 0.344 e. The molecule has 1 aliphatic rings. The summed E-state index contributed by atoms with van der Waals surface area (Å²) < 4.78 is 10.3. The Balaban J connectivity index is 1.75. The first-order valence-corrected chi connectivity index (χ1v) is 7.87. The molecule has 1 saturated heterocycles. The van der Waals surface area contributed by atoms with Crippen LogP contribution in [0.25, 0.3) is 0 Å². The smallest absolute Gasteiger partial charge is 0.344 e. The zero-order valence-electron chi connectivity index (χ0n) is 14.4. The van der Waals surface area contributed by atoms with Gasteiger partial charge in [-0.2, -0.15) is 0 Å². The number of β-amino-alcohol motifs (C(OH)–C–C–N with tert-alkyl or cyclic N) is 1. The molecule has 0 radical (unpaired) electrons. The lowest BCUT2D eigenvalue weighted by Gasteiger charge is -2.19. The maximum absolute atomic E-state index is 12.0. The summed E-state index contributed by atoms with van der Waals surface area (Å²) in [5, 5.41) is 12.4. The van der Waals surface area contributed by atoms with Crippen LogP contribution < -0.4 is 10.1 Å². The molecule has 1 aromatic rings. The molecule has 1 unspecified atom stereocenters. The maximum atomic E-state index is 12.0. The number of urea groups is 1. The number of amides is 3. The molecule has 8 nitrogen and oxygen atoms in total. The van der Waals surface area contributed by atoms with E-state index in [4.69, 9.17) is 9.47 Å². The number of ether oxygens (including phenoxy) is 2. The minimum Gasteiger partial charge on any atom is -0.482 e. The summed E-state index contributed by atoms with van der Waals surface area (Å²) in [6.45, 7) is 4.11. The van der Waals surface area contributed by atoms with Crippen LogP contribution >= 0.6 is 0 Å². The Morgan fingerprint density at radius 3 is 2.60 bits per heavy atom. The molecule has 3 amide bonds. The fourth-order valence-corrected chi connectivity index (χ4v) is 2.33. The number of carbonyl (C=O) groups is 3. The number of benzene rings is 1. The Morgan fingerprint density at radius 2 is 2.00 bits per heavy atom. The van der Waals surface area contributed by atoms with Crippen LogP contribution in [0.5, 0.6) is 5.75 Å². The predicted molar refractivity (Wildman–Crippen MR) is 88.0 cm³/mol. The average molecular weight is 350 g/mol. The fourth-order valence-electron chi connectivity index (χ4n) is 2.33. The zero-order valence-corrected chi connectivity index (χ0v) is 14.4. The van der Waals surface area contributed by atoms with Gasteiger partial charge in [-0.3, -0.25) is 9.69 Å². The first kappa shape index (κ1) is 18.7. The molecular weight excluding hydrogens is 328 g/mol. The van der Waals surface area contributed by atoms with Gasteiger partial charge < -0.3 is 19.9 Å². The summed E-state index contributed by atoms with van der Waals surface area (Å²) in [4.78, 5) is 36.3. The van der Waals surface area contributed by atoms with Gasteiger partial charge in [0.2, 0.25) is 0 Å². The van der Waals surface area contributed by atoms with Crippen LogP contribution in [0, 0.1) is 6.92 Å². The van der Waals surface area contributed by atoms with Crippen molar-refractivity contribution in [2.24, 2.45) is 0 Å². The van der Waals surface area contributed by atoms with E-state index < -0.39 is 29.6 Å². The van der Waals surface area contributed by atoms with Gasteiger partial charge >= 0.3 is 12.0 Å². The molecule has 1 atom stereocenters. The molecule has 1 aromatic carbocycles. The Labute approximate surface area is 145 Å². The largest absolute Gasteiger partial charge is 0.482 e. The molecule has 0 aliphatic carbocycles. The Bertz CT molecular complexity index is 673. The lowest BCUT2D eigenvalue weighted by Crippen LogP contribution is -2.42. The van der Waals surface area contributed by atoms with Gasteiger partial charge in [0, 0.05) is 0 Å². The molecule has 0 spiro atoms. The van der Waals surface area contributed by atoms with E-state index in [0.717, 1.165) is 10.5 Å². The quantitative estimate of drug-likeness (QED) is 0.551. The molecule has 1 heterocycles. The van der Waals surface area contributed by atoms with Crippen molar-refractivity contribution in [3.63, 3.8) is 0 Å². The Hall–Kier alpha value is -2.61. The fraction of sp³-hybridized carbons (Fsp3) is 0.471. The van der Waals surface area contributed by atoms with Crippen molar-refractivity contribution in [3.8, 4) is 5.75 Å². The normalized spacial score (nSPS) is 17.2. The summed E-state index contributed by atoms with van der Waals surface area (Å²) >= 11 is 0. The van der Waals surface area contributed by atoms with Crippen molar-refractivity contribution < 1.29 is 29.0 Å². The number of carbonyl (C=O) groups excluding carboxylic acids is 3. The number of nitrogens with one attached hydrogen (secondary N) is 1. The summed E-state index contributed by atoms with van der Waals surface area (Å²) in [5.74, 6) is -0.521. The van der Waals surface area contributed by atoms with E-state index >= 15 is 0 Å². The van der Waals surface area contributed by atoms with E-state index in [1.54, 1.807) is 26.0 Å². The topological polar surface area (TPSA) is 105 Å². The number of aryl methyl sites for hydroxylation is 1. The van der Waals surface area contributed by atoms with Crippen molar-refractivity contribution in [1.29, 1.82) is 0 Å². The highest BCUT2D eigenvalue weighted by Crippen LogP contribution is 2.17. The number of aliphatic hydroxyl groups excluding tert-OH is 1. The van der Waals surface area contributed by atoms with Gasteiger partial charge in [-0.15, -0.1) is 0 Å². The van der Waals surface area contributed by atoms with Gasteiger partial charge in [-0.1, -0.05) is 18.2 Å². The molecular formula is C17H22N2O6. The lowest BCUT2D eigenvalue weighted by atomic mass is 10.1. The SMILES string of the molecule is Cc1ccccc1OCC(=O)OCC(O)CN1C(=O)NC(C)(C)C1=O. The lowest BCUT2D eigenvalue weighted by molar-refractivity contribution is -0.149. The van der Waals surface area contributed by atoms with Gasteiger partial charge in [0.1, 0.15) is 24.0 Å². The van der Waals surface area contributed by atoms with Gasteiger partial charge in [0.25, 0.3) is 5.91 Å². The van der Waals surface area contributed by atoms with Crippen LogP contribution in [0.15, 0.2) is 24.3 Å². The molecule has 136 valence electrons. The number of nitrogens with zero attached hydrogens (tertiary/aromatic N) is 1. The number of rotatable bonds is 7. The highest BCUT2D eigenvalue weighted by molar-refractivity contribution is 6.06. The van der Waals surface area contributed by atoms with Crippen LogP contribution in [0.1, 0.15) is 19.4 Å². The van der Waals surface area contributed by atoms with Crippen LogP contribution in [-0.2, 0) is 14.3 Å². The molecule has 2 N–H and O–H groups in total. The van der Waals surface area contributed by atoms with Crippen molar-refractivity contribution >= 4 is 17.9 Å². The molecule has 1 aliphatic heterocycles. The molecule has 0 saturated carbocycles. The highest BCUT2D eigenvalue weighted by atomic mass is 16.6. The van der Waals surface area contributed by atoms with E-state index in [1.165, 1.54) is 0 Å². The van der Waals surface area contributed by atoms with Crippen molar-refractivity contribution in [2.45, 2.75) is 32.4 Å². The van der Waals surface area contributed by atoms with Crippen LogP contribution in [0.3, 0.4) is 0 Å². The number of aliphatic hydroxyl groups is 1. The van der Waals surface area contributed by atoms with E-state index in [1.807, 2.05) is 19.1 Å². The second-order valence-electron chi connectivity index (χ2n) is 6.36. The van der Waals surface area contributed by atoms with Gasteiger partial charge in [-0.25, -0.2) is 9.59 Å². The number of imide groups is 1. The summed E-state index contributed by atoms with van der Waals surface area (Å²) in [6, 6.07) is 6.65. The van der Waals surface area contributed by atoms with Gasteiger partial charge in [0.05, 0.1) is 6.54 Å². The third kappa shape index (κ3) is 4.69. The first-order valence-electron chi connectivity index (χ1n) is 7.87. The predicted octanol–water partition coefficient (Wildman–Crippen LogP) is 0.608. The second-order valence-corrected chi connectivity index (χ2v) is 6.36. The summed E-state index contributed by atoms with van der Waals surface area (Å²) in [5.41, 5.74) is -0.119. The standard InChI is InChI=1S/C17H22N2O6/c1-11-6-4-5-7-13(11)24-10-14(21)25-9-12(20)8-19-15(22)17(2,3)18-16(19)23/h4-7,12,20H,8-10H2,1-3H3,(H,18,23). The molecule has 25 heavy (non-hydrogen) atoms. The Kier molecular flexibility index (Phi) is 5.63. The zero-order chi connectivity index (χ0) is 18.6. The summed E-state index contributed by atoms with van der Waals surface area (Å²) in [6.07, 6.45) is -1.17. The van der Waals surface area contributed by atoms with Gasteiger partial charge in [-0.05, 0) is 32.4 Å². The summed E-state index contributed by atoms with van der Waals surface area (Å²) in [7, 11) is 0. The number of esters is 1. The molecule has 0 bridgehead atoms. The van der Waals surface area contributed by atoms with E-state index in [2.05, 4.69) is 5.32 Å². The molecule has 0 aromatic heterocycles. The van der Waals surface area contributed by atoms with E-state index in [0.29, 0.717) is 5.75 Å². The van der Waals surface area contributed by atoms with Crippen LogP contribution in [0.4, 0.5) is 4.79 Å². The van der Waals surface area contributed by atoms with Crippen LogP contribution in [-0.4, -0.2) is 59.3 Å². The molecule has 8 heteroatoms. The monoisotopic (exact) mass is 350 g/mol. The second kappa shape index (κ2) is 7.52. The minimum absolute atomic E-state index is 0.250. The third-order valence-electron chi connectivity index (χ3n) is 3.71. The first-order chi connectivity index (χ1) is 11.7. The van der Waals surface area contributed by atoms with Crippen molar-refractivity contribution in [1.82, 2.24) is 10.2 Å². The molecule has 1 fully saturated rings. The molecule has 2 rings (SSSR count). The number of hydrogen-bond donors (Lipinski definition) is 2. The van der Waals surface area contributed by atoms with E-state index in [9.17, 15) is 19.5 Å². The highest BCUT2D eigenvalue weighted by Gasteiger charge is 2.44. The minimum atomic E-state index is -1.17. The average Bonchev–Trinajstić information content (AvgIpc) is 2.74.